The van der Waals surface area contributed by atoms with E-state index < -0.39 is 12.6 Å². The lowest BCUT2D eigenvalue weighted by Gasteiger charge is -2.07. The second kappa shape index (κ2) is 6.88. The van der Waals surface area contributed by atoms with E-state index in [1.165, 1.54) is 4.88 Å². The highest BCUT2D eigenvalue weighted by atomic mass is 32.1. The van der Waals surface area contributed by atoms with Gasteiger partial charge in [0.25, 0.3) is 0 Å². The molecule has 0 radical (unpaired) electrons. The van der Waals surface area contributed by atoms with E-state index in [0.29, 0.717) is 13.2 Å². The van der Waals surface area contributed by atoms with E-state index in [1.54, 1.807) is 11.3 Å². The van der Waals surface area contributed by atoms with Gasteiger partial charge in [-0.2, -0.15) is 13.2 Å². The molecule has 0 bridgehead atoms. The molecule has 0 fully saturated rings. The van der Waals surface area contributed by atoms with Crippen LogP contribution < -0.4 is 5.32 Å². The van der Waals surface area contributed by atoms with Gasteiger partial charge in [0.1, 0.15) is 0 Å². The molecule has 0 saturated carbocycles. The Kier molecular flexibility index (Phi) is 5.79. The first-order valence-electron chi connectivity index (χ1n) is 4.95. The van der Waals surface area contributed by atoms with E-state index in [-0.39, 0.29) is 6.61 Å². The van der Waals surface area contributed by atoms with Crippen molar-refractivity contribution in [3.8, 4) is 0 Å². The molecule has 0 unspecified atom stereocenters. The van der Waals surface area contributed by atoms with Gasteiger partial charge in [0, 0.05) is 18.0 Å². The summed E-state index contributed by atoms with van der Waals surface area (Å²) >= 11 is 1.64. The highest BCUT2D eigenvalue weighted by Gasteiger charge is 2.26. The van der Waals surface area contributed by atoms with Crippen LogP contribution in [-0.2, 0) is 11.3 Å². The lowest BCUT2D eigenvalue weighted by Crippen LogP contribution is -2.20. The molecule has 6 heteroatoms. The van der Waals surface area contributed by atoms with Gasteiger partial charge in [-0.25, -0.2) is 0 Å². The second-order valence-corrected chi connectivity index (χ2v) is 4.27. The zero-order valence-electron chi connectivity index (χ0n) is 8.72. The lowest BCUT2D eigenvalue weighted by molar-refractivity contribution is -0.145. The predicted molar refractivity (Wildman–Crippen MR) is 57.5 cm³/mol. The molecule has 1 rings (SSSR count). The van der Waals surface area contributed by atoms with Crippen LogP contribution in [0.5, 0.6) is 0 Å². The minimum absolute atomic E-state index is 0.260. The third kappa shape index (κ3) is 6.81. The van der Waals surface area contributed by atoms with Crippen LogP contribution >= 0.6 is 11.3 Å². The van der Waals surface area contributed by atoms with E-state index in [0.717, 1.165) is 6.54 Å². The minimum atomic E-state index is -4.12. The van der Waals surface area contributed by atoms with Crippen LogP contribution in [-0.4, -0.2) is 25.9 Å². The highest BCUT2D eigenvalue weighted by molar-refractivity contribution is 7.09. The smallest absolute Gasteiger partial charge is 0.380 e. The standard InChI is InChI=1S/C10H14F3NOS/c11-10(12,13)3-5-15-6-4-14-8-9-2-1-7-16-9/h1-2,7,14H,3-6,8H2. The van der Waals surface area contributed by atoms with Crippen molar-refractivity contribution in [3.63, 3.8) is 0 Å². The number of hydrogen-bond acceptors (Lipinski definition) is 3. The molecule has 92 valence electrons. The van der Waals surface area contributed by atoms with Crippen molar-refractivity contribution in [2.45, 2.75) is 19.1 Å². The Hall–Kier alpha value is -0.590. The molecule has 1 aromatic heterocycles. The summed E-state index contributed by atoms with van der Waals surface area (Å²) in [5.41, 5.74) is 0. The average Bonchev–Trinajstić information content (AvgIpc) is 2.67. The molecule has 1 heterocycles. The van der Waals surface area contributed by atoms with E-state index >= 15 is 0 Å². The Morgan fingerprint density at radius 2 is 2.12 bits per heavy atom. The Morgan fingerprint density at radius 3 is 2.75 bits per heavy atom. The zero-order valence-corrected chi connectivity index (χ0v) is 9.53. The molecule has 1 aromatic rings. The first kappa shape index (κ1) is 13.5. The zero-order chi connectivity index (χ0) is 11.9. The molecule has 1 N–H and O–H groups in total. The van der Waals surface area contributed by atoms with E-state index in [2.05, 4.69) is 5.32 Å². The van der Waals surface area contributed by atoms with Gasteiger partial charge in [-0.3, -0.25) is 0 Å². The fourth-order valence-electron chi connectivity index (χ4n) is 1.06. The van der Waals surface area contributed by atoms with Gasteiger partial charge < -0.3 is 10.1 Å². The summed E-state index contributed by atoms with van der Waals surface area (Å²) in [6, 6.07) is 3.96. The van der Waals surface area contributed by atoms with Crippen LogP contribution in [0.3, 0.4) is 0 Å². The Labute approximate surface area is 96.4 Å². The Balaban J connectivity index is 1.89. The maximum atomic E-state index is 11.7. The van der Waals surface area contributed by atoms with E-state index in [4.69, 9.17) is 4.74 Å². The number of nitrogens with one attached hydrogen (secondary N) is 1. The van der Waals surface area contributed by atoms with Crippen molar-refractivity contribution in [2.24, 2.45) is 0 Å². The SMILES string of the molecule is FC(F)(F)CCOCCNCc1cccs1. The quantitative estimate of drug-likeness (QED) is 0.754. The molecule has 16 heavy (non-hydrogen) atoms. The fourth-order valence-corrected chi connectivity index (χ4v) is 1.73. The summed E-state index contributed by atoms with van der Waals surface area (Å²) in [7, 11) is 0. The molecule has 0 amide bonds. The number of rotatable bonds is 7. The third-order valence-corrected chi connectivity index (χ3v) is 2.71. The van der Waals surface area contributed by atoms with E-state index in [1.807, 2.05) is 17.5 Å². The molecule has 0 spiro atoms. The van der Waals surface area contributed by atoms with Gasteiger partial charge >= 0.3 is 6.18 Å². The first-order chi connectivity index (χ1) is 7.58. The van der Waals surface area contributed by atoms with Crippen LogP contribution in [0, 0.1) is 0 Å². The summed E-state index contributed by atoms with van der Waals surface area (Å²) in [4.78, 5) is 1.20. The van der Waals surface area contributed by atoms with Gasteiger partial charge in [-0.1, -0.05) is 6.07 Å². The van der Waals surface area contributed by atoms with Crippen LogP contribution in [0.1, 0.15) is 11.3 Å². The number of ether oxygens (including phenoxy) is 1. The van der Waals surface area contributed by atoms with Crippen molar-refractivity contribution >= 4 is 11.3 Å². The molecule has 0 aliphatic carbocycles. The maximum Gasteiger partial charge on any atom is 0.391 e. The summed E-state index contributed by atoms with van der Waals surface area (Å²) < 4.78 is 40.0. The third-order valence-electron chi connectivity index (χ3n) is 1.83. The number of hydrogen-bond donors (Lipinski definition) is 1. The van der Waals surface area contributed by atoms with Crippen LogP contribution in [0.4, 0.5) is 13.2 Å². The van der Waals surface area contributed by atoms with Gasteiger partial charge in [-0.05, 0) is 11.4 Å². The highest BCUT2D eigenvalue weighted by Crippen LogP contribution is 2.18. The molecular formula is C10H14F3NOS. The molecular weight excluding hydrogens is 239 g/mol. The van der Waals surface area contributed by atoms with Gasteiger partial charge in [0.2, 0.25) is 0 Å². The number of thiophene rings is 1. The molecule has 0 aromatic carbocycles. The first-order valence-corrected chi connectivity index (χ1v) is 5.83. The Bertz CT molecular complexity index is 274. The summed E-state index contributed by atoms with van der Waals surface area (Å²) in [6.45, 7) is 1.35. The number of alkyl halides is 3. The second-order valence-electron chi connectivity index (χ2n) is 3.23. The van der Waals surface area contributed by atoms with Crippen molar-refractivity contribution in [3.05, 3.63) is 22.4 Å². The summed E-state index contributed by atoms with van der Waals surface area (Å²) in [6.07, 6.45) is -5.00. The fraction of sp³-hybridized carbons (Fsp3) is 0.600. The monoisotopic (exact) mass is 253 g/mol. The molecule has 2 nitrogen and oxygen atoms in total. The minimum Gasteiger partial charge on any atom is -0.380 e. The normalized spacial score (nSPS) is 11.9. The van der Waals surface area contributed by atoms with Gasteiger partial charge in [0.05, 0.1) is 19.6 Å². The maximum absolute atomic E-state index is 11.7. The molecule has 0 saturated heterocycles. The van der Waals surface area contributed by atoms with Crippen molar-refractivity contribution in [2.75, 3.05) is 19.8 Å². The average molecular weight is 253 g/mol. The van der Waals surface area contributed by atoms with Crippen molar-refractivity contribution in [1.29, 1.82) is 0 Å². The van der Waals surface area contributed by atoms with E-state index in [9.17, 15) is 13.2 Å². The Morgan fingerprint density at radius 1 is 1.31 bits per heavy atom. The van der Waals surface area contributed by atoms with Crippen molar-refractivity contribution < 1.29 is 17.9 Å². The summed E-state index contributed by atoms with van der Waals surface area (Å²) in [5.74, 6) is 0. The topological polar surface area (TPSA) is 21.3 Å². The molecule has 0 atom stereocenters. The van der Waals surface area contributed by atoms with Crippen molar-refractivity contribution in [1.82, 2.24) is 5.32 Å². The molecule has 0 aliphatic heterocycles. The van der Waals surface area contributed by atoms with Crippen LogP contribution in [0.15, 0.2) is 17.5 Å². The molecule has 0 aliphatic rings. The van der Waals surface area contributed by atoms with Crippen LogP contribution in [0.2, 0.25) is 0 Å². The number of halogens is 3. The summed E-state index contributed by atoms with van der Waals surface area (Å²) in [5, 5.41) is 5.07. The van der Waals surface area contributed by atoms with Gasteiger partial charge in [0.15, 0.2) is 0 Å². The largest absolute Gasteiger partial charge is 0.391 e. The van der Waals surface area contributed by atoms with Gasteiger partial charge in [-0.15, -0.1) is 11.3 Å². The predicted octanol–water partition coefficient (Wildman–Crippen LogP) is 2.81. The lowest BCUT2D eigenvalue weighted by atomic mass is 10.4. The van der Waals surface area contributed by atoms with Crippen LogP contribution in [0.25, 0.3) is 0 Å².